The van der Waals surface area contributed by atoms with Gasteiger partial charge in [0.05, 0.1) is 18.4 Å². The van der Waals surface area contributed by atoms with Crippen molar-refractivity contribution < 1.29 is 19.1 Å². The maximum Gasteiger partial charge on any atom is 0.339 e. The maximum absolute atomic E-state index is 12.9. The molecule has 3 amide bonds. The number of hydrogen-bond donors (Lipinski definition) is 0. The lowest BCUT2D eigenvalue weighted by Crippen LogP contribution is -2.32. The number of ether oxygens (including phenoxy) is 1. The van der Waals surface area contributed by atoms with Crippen molar-refractivity contribution >= 4 is 23.6 Å². The number of carbonyl (C=O) groups is 3. The molecule has 2 aromatic rings. The molecule has 1 unspecified atom stereocenters. The van der Waals surface area contributed by atoms with Crippen LogP contribution in [-0.4, -0.2) is 37.0 Å². The standard InChI is InChI=1S/C18H16N2O4/c1-19-15(12-8-4-3-5-9-12)16(21)20(18(19)23)14-11-7-6-10-13(14)17(22)24-2/h3-11,15H,1-2H3. The third kappa shape index (κ3) is 2.42. The molecule has 1 fully saturated rings. The Morgan fingerprint density at radius 2 is 1.62 bits per heavy atom. The monoisotopic (exact) mass is 324 g/mol. The molecule has 1 atom stereocenters. The molecule has 0 saturated carbocycles. The third-order valence-electron chi connectivity index (χ3n) is 4.00. The van der Waals surface area contributed by atoms with Crippen LogP contribution in [-0.2, 0) is 9.53 Å². The van der Waals surface area contributed by atoms with Crippen molar-refractivity contribution in [2.45, 2.75) is 6.04 Å². The van der Waals surface area contributed by atoms with Crippen LogP contribution in [0.25, 0.3) is 0 Å². The van der Waals surface area contributed by atoms with Gasteiger partial charge in [-0.3, -0.25) is 4.79 Å². The highest BCUT2D eigenvalue weighted by molar-refractivity contribution is 6.23. The lowest BCUT2D eigenvalue weighted by molar-refractivity contribution is -0.119. The quantitative estimate of drug-likeness (QED) is 0.643. The van der Waals surface area contributed by atoms with Crippen molar-refractivity contribution in [1.29, 1.82) is 0 Å². The number of anilines is 1. The summed E-state index contributed by atoms with van der Waals surface area (Å²) < 4.78 is 4.74. The molecule has 0 aliphatic carbocycles. The molecule has 1 aliphatic rings. The van der Waals surface area contributed by atoms with Gasteiger partial charge in [0.15, 0.2) is 0 Å². The highest BCUT2D eigenvalue weighted by Gasteiger charge is 2.45. The van der Waals surface area contributed by atoms with Gasteiger partial charge < -0.3 is 9.64 Å². The number of esters is 1. The lowest BCUT2D eigenvalue weighted by Gasteiger charge is -2.16. The molecule has 0 aromatic heterocycles. The van der Waals surface area contributed by atoms with Crippen LogP contribution < -0.4 is 4.90 Å². The summed E-state index contributed by atoms with van der Waals surface area (Å²) in [6.07, 6.45) is 0. The van der Waals surface area contributed by atoms with Gasteiger partial charge >= 0.3 is 12.0 Å². The van der Waals surface area contributed by atoms with Gasteiger partial charge in [0, 0.05) is 7.05 Å². The summed E-state index contributed by atoms with van der Waals surface area (Å²) in [5, 5.41) is 0. The Kier molecular flexibility index (Phi) is 4.04. The first kappa shape index (κ1) is 15.7. The zero-order valence-electron chi connectivity index (χ0n) is 13.3. The average molecular weight is 324 g/mol. The van der Waals surface area contributed by atoms with Crippen LogP contribution in [0.4, 0.5) is 10.5 Å². The molecule has 0 spiro atoms. The molecular formula is C18H16N2O4. The van der Waals surface area contributed by atoms with Gasteiger partial charge in [-0.2, -0.15) is 0 Å². The summed E-state index contributed by atoms with van der Waals surface area (Å²) in [6, 6.07) is 14.3. The van der Waals surface area contributed by atoms with Crippen molar-refractivity contribution in [2.24, 2.45) is 0 Å². The molecule has 1 heterocycles. The largest absolute Gasteiger partial charge is 0.465 e. The smallest absolute Gasteiger partial charge is 0.339 e. The van der Waals surface area contributed by atoms with Crippen LogP contribution >= 0.6 is 0 Å². The van der Waals surface area contributed by atoms with Gasteiger partial charge in [0.25, 0.3) is 5.91 Å². The molecular weight excluding hydrogens is 308 g/mol. The molecule has 0 N–H and O–H groups in total. The maximum atomic E-state index is 12.9. The van der Waals surface area contributed by atoms with E-state index in [-0.39, 0.29) is 11.3 Å². The Hall–Kier alpha value is -3.15. The SMILES string of the molecule is COC(=O)c1ccccc1N1C(=O)C(c2ccccc2)N(C)C1=O. The third-order valence-corrected chi connectivity index (χ3v) is 4.00. The summed E-state index contributed by atoms with van der Waals surface area (Å²) in [5.41, 5.74) is 1.12. The minimum atomic E-state index is -0.718. The highest BCUT2D eigenvalue weighted by atomic mass is 16.5. The second kappa shape index (κ2) is 6.16. The van der Waals surface area contributed by atoms with Crippen molar-refractivity contribution in [3.8, 4) is 0 Å². The number of para-hydroxylation sites is 1. The topological polar surface area (TPSA) is 66.9 Å². The van der Waals surface area contributed by atoms with Gasteiger partial charge in [0.1, 0.15) is 6.04 Å². The number of methoxy groups -OCH3 is 1. The number of urea groups is 1. The number of imide groups is 1. The van der Waals surface area contributed by atoms with E-state index in [2.05, 4.69) is 0 Å². The van der Waals surface area contributed by atoms with Gasteiger partial charge in [-0.05, 0) is 17.7 Å². The van der Waals surface area contributed by atoms with Gasteiger partial charge in [-0.15, -0.1) is 0 Å². The number of nitrogens with zero attached hydrogens (tertiary/aromatic N) is 2. The van der Waals surface area contributed by atoms with E-state index in [1.54, 1.807) is 37.4 Å². The number of likely N-dealkylation sites (N-methyl/N-ethyl adjacent to an activating group) is 1. The average Bonchev–Trinajstić information content (AvgIpc) is 2.84. The first-order valence-electron chi connectivity index (χ1n) is 7.39. The van der Waals surface area contributed by atoms with Crippen LogP contribution in [0, 0.1) is 0 Å². The minimum absolute atomic E-state index is 0.170. The van der Waals surface area contributed by atoms with E-state index >= 15 is 0 Å². The normalized spacial score (nSPS) is 17.3. The Balaban J connectivity index is 2.06. The molecule has 0 bridgehead atoms. The first-order chi connectivity index (χ1) is 11.6. The number of rotatable bonds is 3. The Bertz CT molecular complexity index is 804. The summed E-state index contributed by atoms with van der Waals surface area (Å²) >= 11 is 0. The molecule has 6 heteroatoms. The van der Waals surface area contributed by atoms with E-state index in [0.29, 0.717) is 0 Å². The van der Waals surface area contributed by atoms with Gasteiger partial charge in [-0.1, -0.05) is 42.5 Å². The summed E-state index contributed by atoms with van der Waals surface area (Å²) in [6.45, 7) is 0. The van der Waals surface area contributed by atoms with Crippen LogP contribution in [0.15, 0.2) is 54.6 Å². The molecule has 24 heavy (non-hydrogen) atoms. The van der Waals surface area contributed by atoms with E-state index < -0.39 is 23.9 Å². The van der Waals surface area contributed by atoms with E-state index in [1.807, 2.05) is 18.2 Å². The van der Waals surface area contributed by atoms with E-state index in [0.717, 1.165) is 10.5 Å². The zero-order valence-corrected chi connectivity index (χ0v) is 13.3. The van der Waals surface area contributed by atoms with Gasteiger partial charge in [0.2, 0.25) is 0 Å². The number of benzene rings is 2. The highest BCUT2D eigenvalue weighted by Crippen LogP contribution is 2.34. The summed E-state index contributed by atoms with van der Waals surface area (Å²) in [7, 11) is 2.82. The fourth-order valence-corrected chi connectivity index (χ4v) is 2.82. The predicted molar refractivity (Wildman–Crippen MR) is 87.6 cm³/mol. The first-order valence-corrected chi connectivity index (χ1v) is 7.39. The van der Waals surface area contributed by atoms with Crippen LogP contribution in [0.5, 0.6) is 0 Å². The summed E-state index contributed by atoms with van der Waals surface area (Å²) in [5.74, 6) is -0.998. The van der Waals surface area contributed by atoms with Crippen molar-refractivity contribution in [3.63, 3.8) is 0 Å². The molecule has 1 saturated heterocycles. The predicted octanol–water partition coefficient (Wildman–Crippen LogP) is 2.61. The fraction of sp³-hybridized carbons (Fsp3) is 0.167. The Labute approximate surface area is 139 Å². The molecule has 0 radical (unpaired) electrons. The second-order valence-corrected chi connectivity index (χ2v) is 5.39. The summed E-state index contributed by atoms with van der Waals surface area (Å²) in [4.78, 5) is 39.9. The van der Waals surface area contributed by atoms with E-state index in [4.69, 9.17) is 4.74 Å². The fourth-order valence-electron chi connectivity index (χ4n) is 2.82. The number of amides is 3. The van der Waals surface area contributed by atoms with Crippen LogP contribution in [0.2, 0.25) is 0 Å². The Morgan fingerprint density at radius 3 is 2.29 bits per heavy atom. The van der Waals surface area contributed by atoms with E-state index in [9.17, 15) is 14.4 Å². The molecule has 122 valence electrons. The minimum Gasteiger partial charge on any atom is -0.465 e. The molecule has 1 aliphatic heterocycles. The molecule has 3 rings (SSSR count). The van der Waals surface area contributed by atoms with Crippen molar-refractivity contribution in [3.05, 3.63) is 65.7 Å². The number of hydrogen-bond acceptors (Lipinski definition) is 4. The van der Waals surface area contributed by atoms with Gasteiger partial charge in [-0.25, -0.2) is 14.5 Å². The lowest BCUT2D eigenvalue weighted by atomic mass is 10.1. The Morgan fingerprint density at radius 1 is 1.00 bits per heavy atom. The molecule has 2 aromatic carbocycles. The van der Waals surface area contributed by atoms with Crippen LogP contribution in [0.1, 0.15) is 22.0 Å². The van der Waals surface area contributed by atoms with E-state index in [1.165, 1.54) is 18.1 Å². The van der Waals surface area contributed by atoms with Crippen LogP contribution in [0.3, 0.4) is 0 Å². The van der Waals surface area contributed by atoms with Crippen molar-refractivity contribution in [2.75, 3.05) is 19.1 Å². The zero-order chi connectivity index (χ0) is 17.3. The molecule has 6 nitrogen and oxygen atoms in total. The van der Waals surface area contributed by atoms with Crippen molar-refractivity contribution in [1.82, 2.24) is 4.90 Å². The second-order valence-electron chi connectivity index (χ2n) is 5.39. The number of carbonyl (C=O) groups excluding carboxylic acids is 3.